The van der Waals surface area contributed by atoms with Crippen molar-refractivity contribution in [3.8, 4) is 0 Å². The number of rotatable bonds is 11. The van der Waals surface area contributed by atoms with Crippen LogP contribution in [0.5, 0.6) is 0 Å². The average molecular weight is 593 g/mol. The summed E-state index contributed by atoms with van der Waals surface area (Å²) in [5.41, 5.74) is -2.02. The Morgan fingerprint density at radius 3 is 2.17 bits per heavy atom. The van der Waals surface area contributed by atoms with Gasteiger partial charge in [0.2, 0.25) is 11.8 Å². The molecule has 9 nitrogen and oxygen atoms in total. The first-order chi connectivity index (χ1) is 19.8. The molecule has 1 saturated heterocycles. The summed E-state index contributed by atoms with van der Waals surface area (Å²) in [6.45, 7) is 4.30. The Kier molecular flexibility index (Phi) is 8.08. The van der Waals surface area contributed by atoms with Gasteiger partial charge < -0.3 is 21.3 Å². The van der Waals surface area contributed by atoms with Gasteiger partial charge in [0.25, 0.3) is 5.91 Å². The summed E-state index contributed by atoms with van der Waals surface area (Å²) >= 11 is 0. The van der Waals surface area contributed by atoms with Crippen molar-refractivity contribution >= 4 is 23.4 Å². The Bertz CT molecular complexity index is 1340. The summed E-state index contributed by atoms with van der Waals surface area (Å²) < 4.78 is 57.2. The number of hydrogen-bond acceptors (Lipinski definition) is 5. The fraction of sp³-hybridized carbons (Fsp3) is 0.586. The summed E-state index contributed by atoms with van der Waals surface area (Å²) in [4.78, 5) is 39.6. The molecule has 2 aliphatic carbocycles. The van der Waals surface area contributed by atoms with Crippen LogP contribution in [0.15, 0.2) is 30.5 Å². The van der Waals surface area contributed by atoms with E-state index in [0.717, 1.165) is 31.7 Å². The number of benzene rings is 1. The van der Waals surface area contributed by atoms with E-state index in [1.54, 1.807) is 10.7 Å². The van der Waals surface area contributed by atoms with Crippen LogP contribution in [0.25, 0.3) is 0 Å². The second-order valence-electron chi connectivity index (χ2n) is 12.1. The first kappa shape index (κ1) is 30.0. The van der Waals surface area contributed by atoms with Gasteiger partial charge in [0, 0.05) is 25.3 Å². The van der Waals surface area contributed by atoms with E-state index in [1.165, 1.54) is 25.3 Å². The lowest BCUT2D eigenvalue weighted by Crippen LogP contribution is -2.76. The number of carbonyl (C=O) groups excluding carboxylic acids is 3. The van der Waals surface area contributed by atoms with Crippen LogP contribution in [-0.4, -0.2) is 58.3 Å². The second kappa shape index (κ2) is 11.3. The third-order valence-electron chi connectivity index (χ3n) is 8.58. The van der Waals surface area contributed by atoms with Crippen molar-refractivity contribution in [3.05, 3.63) is 47.5 Å². The number of halogens is 4. The van der Waals surface area contributed by atoms with Gasteiger partial charge in [0.15, 0.2) is 5.54 Å². The van der Waals surface area contributed by atoms with Gasteiger partial charge in [-0.1, -0.05) is 6.07 Å². The van der Waals surface area contributed by atoms with Crippen LogP contribution >= 0.6 is 0 Å². The molecule has 4 N–H and O–H groups in total. The monoisotopic (exact) mass is 592 g/mol. The maximum atomic E-state index is 15.2. The van der Waals surface area contributed by atoms with Gasteiger partial charge >= 0.3 is 6.18 Å². The molecular weight excluding hydrogens is 556 g/mol. The number of aromatic nitrogens is 2. The Hall–Kier alpha value is -3.48. The summed E-state index contributed by atoms with van der Waals surface area (Å²) in [5, 5.41) is 14.3. The first-order valence-electron chi connectivity index (χ1n) is 14.4. The van der Waals surface area contributed by atoms with Crippen molar-refractivity contribution in [2.45, 2.75) is 76.2 Å². The largest absolute Gasteiger partial charge is 0.414 e. The standard InChI is InChI=1S/C29H36F4N6O3/c1-15(2)39-22(10-11-35-39)26(41)37-24(23(17-4-5-17)18-6-7-18)27(42)36-21-9-8-19(12-20(21)30)16(3)25(40)38-28(13-34-14-28)29(31,32)33/h8-12,15-18,23-24,34H,4-7,13-14H2,1-3H3,(H,36,42)(H,37,41)(H,38,40)/t16-,24-/m0/s1. The zero-order valence-electron chi connectivity index (χ0n) is 23.7. The maximum Gasteiger partial charge on any atom is 0.414 e. The van der Waals surface area contributed by atoms with Gasteiger partial charge in [0.1, 0.15) is 17.6 Å². The quantitative estimate of drug-likeness (QED) is 0.296. The van der Waals surface area contributed by atoms with Crippen LogP contribution in [0.3, 0.4) is 0 Å². The first-order valence-corrected chi connectivity index (χ1v) is 14.4. The minimum atomic E-state index is -4.63. The highest BCUT2D eigenvalue weighted by Crippen LogP contribution is 2.51. The molecule has 2 saturated carbocycles. The lowest BCUT2D eigenvalue weighted by atomic mass is 9.88. The highest BCUT2D eigenvalue weighted by Gasteiger charge is 2.60. The van der Waals surface area contributed by atoms with E-state index >= 15 is 4.39 Å². The molecule has 0 bridgehead atoms. The van der Waals surface area contributed by atoms with E-state index in [1.807, 2.05) is 13.8 Å². The lowest BCUT2D eigenvalue weighted by molar-refractivity contribution is -0.211. The molecule has 5 rings (SSSR count). The second-order valence-corrected chi connectivity index (χ2v) is 12.1. The van der Waals surface area contributed by atoms with Crippen LogP contribution in [-0.2, 0) is 9.59 Å². The van der Waals surface area contributed by atoms with Gasteiger partial charge in [-0.2, -0.15) is 18.3 Å². The van der Waals surface area contributed by atoms with E-state index in [-0.39, 0.29) is 23.2 Å². The summed E-state index contributed by atoms with van der Waals surface area (Å²) in [6.07, 6.45) is 0.720. The van der Waals surface area contributed by atoms with Crippen LogP contribution in [0.1, 0.15) is 74.5 Å². The van der Waals surface area contributed by atoms with Crippen molar-refractivity contribution in [3.63, 3.8) is 0 Å². The van der Waals surface area contributed by atoms with Crippen molar-refractivity contribution in [2.75, 3.05) is 18.4 Å². The van der Waals surface area contributed by atoms with E-state index in [2.05, 4.69) is 26.4 Å². The molecular formula is C29H36F4N6O3. The smallest absolute Gasteiger partial charge is 0.339 e. The number of amides is 3. The highest BCUT2D eigenvalue weighted by molar-refractivity contribution is 6.01. The van der Waals surface area contributed by atoms with Gasteiger partial charge in [0.05, 0.1) is 11.6 Å². The van der Waals surface area contributed by atoms with Crippen LogP contribution in [0.2, 0.25) is 0 Å². The Balaban J connectivity index is 1.31. The molecule has 1 aliphatic heterocycles. The molecule has 0 unspecified atom stereocenters. The van der Waals surface area contributed by atoms with E-state index in [9.17, 15) is 27.6 Å². The molecule has 3 amide bonds. The molecule has 3 fully saturated rings. The van der Waals surface area contributed by atoms with Gasteiger partial charge in [-0.25, -0.2) is 4.39 Å². The minimum Gasteiger partial charge on any atom is -0.339 e. The predicted octanol–water partition coefficient (Wildman–Crippen LogP) is 3.90. The third kappa shape index (κ3) is 6.02. The molecule has 3 aliphatic rings. The molecule has 2 aromatic rings. The fourth-order valence-electron chi connectivity index (χ4n) is 5.69. The van der Waals surface area contributed by atoms with E-state index in [0.29, 0.717) is 17.5 Å². The fourth-order valence-corrected chi connectivity index (χ4v) is 5.69. The topological polar surface area (TPSA) is 117 Å². The van der Waals surface area contributed by atoms with E-state index in [4.69, 9.17) is 0 Å². The Morgan fingerprint density at radius 1 is 1.02 bits per heavy atom. The minimum absolute atomic E-state index is 0.0721. The molecule has 0 spiro atoms. The average Bonchev–Trinajstić information content (AvgIpc) is 3.84. The van der Waals surface area contributed by atoms with Crippen LogP contribution in [0, 0.1) is 23.6 Å². The van der Waals surface area contributed by atoms with Crippen molar-refractivity contribution in [2.24, 2.45) is 17.8 Å². The predicted molar refractivity (Wildman–Crippen MR) is 146 cm³/mol. The van der Waals surface area contributed by atoms with E-state index < -0.39 is 60.3 Å². The molecule has 2 atom stereocenters. The van der Waals surface area contributed by atoms with Crippen LogP contribution in [0.4, 0.5) is 23.2 Å². The molecule has 228 valence electrons. The Morgan fingerprint density at radius 2 is 1.67 bits per heavy atom. The summed E-state index contributed by atoms with van der Waals surface area (Å²) in [5.74, 6) is -3.29. The number of alkyl halides is 3. The molecule has 13 heteroatoms. The van der Waals surface area contributed by atoms with Gasteiger partial charge in [-0.05, 0) is 88.0 Å². The van der Waals surface area contributed by atoms with Gasteiger partial charge in [-0.15, -0.1) is 0 Å². The molecule has 2 heterocycles. The maximum absolute atomic E-state index is 15.2. The normalized spacial score (nSPS) is 19.6. The molecule has 42 heavy (non-hydrogen) atoms. The lowest BCUT2D eigenvalue weighted by Gasteiger charge is -2.44. The number of carbonyl (C=O) groups is 3. The van der Waals surface area contributed by atoms with Gasteiger partial charge in [-0.3, -0.25) is 19.1 Å². The number of anilines is 1. The Labute approximate surface area is 241 Å². The summed E-state index contributed by atoms with van der Waals surface area (Å²) in [6, 6.07) is 4.33. The number of nitrogens with zero attached hydrogens (tertiary/aromatic N) is 2. The SMILES string of the molecule is CC(C)n1nccc1C(=O)N[C@H](C(=O)Nc1ccc([C@H](C)C(=O)NC2(C(F)(F)F)CNC2)cc1F)C(C1CC1)C1CC1. The molecule has 1 aromatic carbocycles. The number of hydrogen-bond donors (Lipinski definition) is 4. The molecule has 1 aromatic heterocycles. The zero-order chi connectivity index (χ0) is 30.4. The molecule has 0 radical (unpaired) electrons. The third-order valence-corrected chi connectivity index (χ3v) is 8.58. The zero-order valence-corrected chi connectivity index (χ0v) is 23.7. The van der Waals surface area contributed by atoms with Crippen LogP contribution < -0.4 is 21.3 Å². The van der Waals surface area contributed by atoms with Crippen molar-refractivity contribution in [1.29, 1.82) is 0 Å². The summed E-state index contributed by atoms with van der Waals surface area (Å²) in [7, 11) is 0. The van der Waals surface area contributed by atoms with Crippen molar-refractivity contribution < 1.29 is 31.9 Å². The highest BCUT2D eigenvalue weighted by atomic mass is 19.4. The van der Waals surface area contributed by atoms with Crippen molar-refractivity contribution in [1.82, 2.24) is 25.7 Å². The number of nitrogens with one attached hydrogen (secondary N) is 4.